The number of para-hydroxylation sites is 1. The highest BCUT2D eigenvalue weighted by atomic mass is 16.5. The van der Waals surface area contributed by atoms with Gasteiger partial charge in [0.15, 0.2) is 5.58 Å². The van der Waals surface area contributed by atoms with E-state index in [1.807, 2.05) is 24.3 Å². The Kier molecular flexibility index (Phi) is 3.77. The Morgan fingerprint density at radius 3 is 2.77 bits per heavy atom. The predicted molar refractivity (Wildman–Crippen MR) is 99.7 cm³/mol. The highest BCUT2D eigenvalue weighted by Gasteiger charge is 2.39. The fraction of sp³-hybridized carbons (Fsp3) is 0.364. The maximum absolute atomic E-state index is 13.3. The van der Waals surface area contributed by atoms with E-state index in [0.717, 1.165) is 48.8 Å². The van der Waals surface area contributed by atoms with Crippen LogP contribution in [0, 0.1) is 0 Å². The second-order valence-electron chi connectivity index (χ2n) is 7.44. The third-order valence-corrected chi connectivity index (χ3v) is 5.67. The summed E-state index contributed by atoms with van der Waals surface area (Å²) in [4.78, 5) is 15.4. The average molecular weight is 346 g/mol. The second kappa shape index (κ2) is 6.27. The molecule has 26 heavy (non-hydrogen) atoms. The van der Waals surface area contributed by atoms with Gasteiger partial charge in [-0.05, 0) is 55.4 Å². The summed E-state index contributed by atoms with van der Waals surface area (Å²) in [7, 11) is 0. The number of hydrogen-bond acceptors (Lipinski definition) is 3. The van der Waals surface area contributed by atoms with Gasteiger partial charge in [0.05, 0.1) is 12.5 Å². The van der Waals surface area contributed by atoms with Gasteiger partial charge >= 0.3 is 0 Å². The average Bonchev–Trinajstić information content (AvgIpc) is 3.43. The van der Waals surface area contributed by atoms with E-state index in [1.165, 1.54) is 11.1 Å². The van der Waals surface area contributed by atoms with Crippen LogP contribution >= 0.6 is 0 Å². The zero-order valence-corrected chi connectivity index (χ0v) is 14.7. The van der Waals surface area contributed by atoms with Crippen LogP contribution in [-0.4, -0.2) is 22.0 Å². The first-order chi connectivity index (χ1) is 12.8. The molecule has 0 N–H and O–H groups in total. The van der Waals surface area contributed by atoms with Crippen molar-refractivity contribution in [1.82, 2.24) is 10.1 Å². The second-order valence-corrected chi connectivity index (χ2v) is 7.44. The number of nitrogens with zero attached hydrogens (tertiary/aromatic N) is 2. The van der Waals surface area contributed by atoms with E-state index in [-0.39, 0.29) is 11.9 Å². The fourth-order valence-corrected chi connectivity index (χ4v) is 4.30. The molecule has 4 heteroatoms. The van der Waals surface area contributed by atoms with Crippen LogP contribution in [0.15, 0.2) is 53.1 Å². The highest BCUT2D eigenvalue weighted by Crippen LogP contribution is 2.41. The highest BCUT2D eigenvalue weighted by molar-refractivity contribution is 5.86. The van der Waals surface area contributed by atoms with E-state index in [9.17, 15) is 4.79 Å². The number of aromatic nitrogens is 1. The number of aryl methyl sites for hydroxylation is 1. The molecule has 1 saturated carbocycles. The van der Waals surface area contributed by atoms with E-state index in [1.54, 1.807) is 0 Å². The van der Waals surface area contributed by atoms with Crippen LogP contribution in [0.5, 0.6) is 0 Å². The topological polar surface area (TPSA) is 46.3 Å². The summed E-state index contributed by atoms with van der Waals surface area (Å²) in [5.41, 5.74) is 4.23. The summed E-state index contributed by atoms with van der Waals surface area (Å²) in [5, 5.41) is 5.11. The molecule has 0 bridgehead atoms. The smallest absolute Gasteiger partial charge is 0.229 e. The molecule has 0 spiro atoms. The Bertz CT molecular complexity index is 957. The molecule has 0 saturated heterocycles. The summed E-state index contributed by atoms with van der Waals surface area (Å²) in [5.74, 6) is 0.174. The minimum Gasteiger partial charge on any atom is -0.356 e. The molecule has 2 aromatic carbocycles. The molecule has 1 heterocycles. The van der Waals surface area contributed by atoms with Crippen molar-refractivity contribution in [2.75, 3.05) is 0 Å². The lowest BCUT2D eigenvalue weighted by atomic mass is 9.86. The van der Waals surface area contributed by atoms with Crippen molar-refractivity contribution in [2.24, 2.45) is 0 Å². The SMILES string of the molecule is O=C(Cc1noc2ccccc12)N(C1CC1)C1CCCc2ccccc21. The van der Waals surface area contributed by atoms with Crippen molar-refractivity contribution in [3.63, 3.8) is 0 Å². The Morgan fingerprint density at radius 2 is 1.88 bits per heavy atom. The first-order valence-electron chi connectivity index (χ1n) is 9.53. The molecule has 3 aromatic rings. The van der Waals surface area contributed by atoms with Gasteiger partial charge in [-0.25, -0.2) is 0 Å². The van der Waals surface area contributed by atoms with E-state index in [0.29, 0.717) is 12.5 Å². The first kappa shape index (κ1) is 15.6. The third-order valence-electron chi connectivity index (χ3n) is 5.67. The normalized spacial score (nSPS) is 19.3. The first-order valence-corrected chi connectivity index (χ1v) is 9.53. The van der Waals surface area contributed by atoms with Crippen LogP contribution in [0.4, 0.5) is 0 Å². The summed E-state index contributed by atoms with van der Waals surface area (Å²) in [6.07, 6.45) is 5.86. The molecule has 1 fully saturated rings. The van der Waals surface area contributed by atoms with Crippen molar-refractivity contribution >= 4 is 16.9 Å². The van der Waals surface area contributed by atoms with Gasteiger partial charge in [-0.2, -0.15) is 0 Å². The van der Waals surface area contributed by atoms with Gasteiger partial charge in [-0.1, -0.05) is 41.6 Å². The molecule has 2 aliphatic rings. The van der Waals surface area contributed by atoms with Crippen molar-refractivity contribution in [2.45, 2.75) is 50.6 Å². The molecule has 2 aliphatic carbocycles. The number of carbonyl (C=O) groups is 1. The lowest BCUT2D eigenvalue weighted by Gasteiger charge is -2.36. The molecule has 132 valence electrons. The molecule has 1 amide bonds. The fourth-order valence-electron chi connectivity index (χ4n) is 4.30. The Balaban J connectivity index is 1.46. The molecule has 0 radical (unpaired) electrons. The van der Waals surface area contributed by atoms with E-state index < -0.39 is 0 Å². The van der Waals surface area contributed by atoms with Gasteiger partial charge in [0, 0.05) is 11.4 Å². The quantitative estimate of drug-likeness (QED) is 0.702. The standard InChI is InChI=1S/C22H22N2O2/c25-22(14-19-18-9-3-4-11-21(18)26-23-19)24(16-12-13-16)20-10-5-7-15-6-1-2-8-17(15)20/h1-4,6,8-9,11,16,20H,5,7,10,12-14H2. The number of rotatable bonds is 4. The Morgan fingerprint density at radius 1 is 1.08 bits per heavy atom. The van der Waals surface area contributed by atoms with Crippen molar-refractivity contribution in [3.05, 3.63) is 65.4 Å². The molecule has 1 aromatic heterocycles. The Labute approximate surface area is 152 Å². The predicted octanol–water partition coefficient (Wildman–Crippen LogP) is 4.44. The zero-order chi connectivity index (χ0) is 17.5. The summed E-state index contributed by atoms with van der Waals surface area (Å²) in [6.45, 7) is 0. The summed E-state index contributed by atoms with van der Waals surface area (Å²) < 4.78 is 5.39. The van der Waals surface area contributed by atoms with E-state index in [4.69, 9.17) is 4.52 Å². The lowest BCUT2D eigenvalue weighted by Crippen LogP contribution is -2.39. The third kappa shape index (κ3) is 2.70. The van der Waals surface area contributed by atoms with Gasteiger partial charge < -0.3 is 9.42 Å². The lowest BCUT2D eigenvalue weighted by molar-refractivity contribution is -0.134. The van der Waals surface area contributed by atoms with E-state index in [2.05, 4.69) is 34.3 Å². The van der Waals surface area contributed by atoms with Gasteiger partial charge in [0.25, 0.3) is 0 Å². The largest absolute Gasteiger partial charge is 0.356 e. The number of carbonyl (C=O) groups excluding carboxylic acids is 1. The van der Waals surface area contributed by atoms with Gasteiger partial charge in [-0.3, -0.25) is 4.79 Å². The maximum Gasteiger partial charge on any atom is 0.229 e. The van der Waals surface area contributed by atoms with Gasteiger partial charge in [0.2, 0.25) is 5.91 Å². The van der Waals surface area contributed by atoms with Crippen LogP contribution in [-0.2, 0) is 17.6 Å². The minimum absolute atomic E-state index is 0.174. The van der Waals surface area contributed by atoms with Crippen molar-refractivity contribution < 1.29 is 9.32 Å². The maximum atomic E-state index is 13.3. The van der Waals surface area contributed by atoms with Gasteiger partial charge in [0.1, 0.15) is 5.69 Å². The number of fused-ring (bicyclic) bond motifs is 2. The molecule has 1 unspecified atom stereocenters. The summed E-state index contributed by atoms with van der Waals surface area (Å²) in [6, 6.07) is 17.0. The van der Waals surface area contributed by atoms with Crippen LogP contribution in [0.2, 0.25) is 0 Å². The monoisotopic (exact) mass is 346 g/mol. The van der Waals surface area contributed by atoms with Crippen molar-refractivity contribution in [1.29, 1.82) is 0 Å². The van der Waals surface area contributed by atoms with Crippen molar-refractivity contribution in [3.8, 4) is 0 Å². The molecular weight excluding hydrogens is 324 g/mol. The Hall–Kier alpha value is -2.62. The number of hydrogen-bond donors (Lipinski definition) is 0. The summed E-state index contributed by atoms with van der Waals surface area (Å²) >= 11 is 0. The van der Waals surface area contributed by atoms with Crippen LogP contribution in [0.3, 0.4) is 0 Å². The van der Waals surface area contributed by atoms with Crippen LogP contribution in [0.1, 0.15) is 48.5 Å². The zero-order valence-electron chi connectivity index (χ0n) is 14.7. The van der Waals surface area contributed by atoms with Gasteiger partial charge in [-0.15, -0.1) is 0 Å². The van der Waals surface area contributed by atoms with E-state index >= 15 is 0 Å². The molecule has 4 nitrogen and oxygen atoms in total. The van der Waals surface area contributed by atoms with Crippen LogP contribution < -0.4 is 0 Å². The number of amides is 1. The van der Waals surface area contributed by atoms with Crippen LogP contribution in [0.25, 0.3) is 11.0 Å². The number of benzene rings is 2. The molecular formula is C22H22N2O2. The molecule has 1 atom stereocenters. The minimum atomic E-state index is 0.174. The molecule has 5 rings (SSSR count). The molecule has 0 aliphatic heterocycles.